The Hall–Kier alpha value is -0.190. The average Bonchev–Trinajstić information content (AvgIpc) is 2.23. The van der Waals surface area contributed by atoms with Crippen LogP contribution < -0.4 is 0 Å². The molecule has 2 aromatic rings. The maximum absolute atomic E-state index is 10.8. The van der Waals surface area contributed by atoms with Crippen LogP contribution in [0.3, 0.4) is 0 Å². The quantitative estimate of drug-likeness (QED) is 0.628. The molecule has 0 aliphatic rings. The second kappa shape index (κ2) is 4.36. The molecule has 76 valence electrons. The van der Waals surface area contributed by atoms with E-state index in [-0.39, 0.29) is 0 Å². The molecule has 2 rings (SSSR count). The van der Waals surface area contributed by atoms with Crippen molar-refractivity contribution >= 4 is 64.8 Å². The molecule has 0 fully saturated rings. The predicted octanol–water partition coefficient (Wildman–Crippen LogP) is 4.94. The van der Waals surface area contributed by atoms with Crippen molar-refractivity contribution < 1.29 is 4.79 Å². The van der Waals surface area contributed by atoms with Gasteiger partial charge < -0.3 is 0 Å². The number of halogens is 3. The molecule has 0 N–H and O–H groups in total. The van der Waals surface area contributed by atoms with Gasteiger partial charge in [0.2, 0.25) is 0 Å². The summed E-state index contributed by atoms with van der Waals surface area (Å²) in [7, 11) is 0. The maximum Gasteiger partial charge on any atom is 0.150 e. The first-order valence-corrected chi connectivity index (χ1v) is 6.54. The Labute approximate surface area is 112 Å². The Morgan fingerprint density at radius 2 is 1.67 bits per heavy atom. The Morgan fingerprint density at radius 3 is 2.33 bits per heavy atom. The highest BCUT2D eigenvalue weighted by atomic mass is 79.9. The third kappa shape index (κ3) is 2.03. The van der Waals surface area contributed by atoms with E-state index in [1.165, 1.54) is 0 Å². The second-order valence-electron chi connectivity index (χ2n) is 3.08. The highest BCUT2D eigenvalue weighted by molar-refractivity contribution is 9.13. The van der Waals surface area contributed by atoms with Gasteiger partial charge in [0.1, 0.15) is 6.29 Å². The van der Waals surface area contributed by atoms with Crippen LogP contribution in [0.5, 0.6) is 0 Å². The van der Waals surface area contributed by atoms with E-state index < -0.39 is 0 Å². The SMILES string of the molecule is O=Cc1cc(Br)c2ccc(Br)c(Br)c2c1. The summed E-state index contributed by atoms with van der Waals surface area (Å²) in [4.78, 5) is 10.8. The van der Waals surface area contributed by atoms with Gasteiger partial charge in [0, 0.05) is 19.0 Å². The maximum atomic E-state index is 10.8. The van der Waals surface area contributed by atoms with E-state index in [0.717, 1.165) is 30.5 Å². The predicted molar refractivity (Wildman–Crippen MR) is 72.4 cm³/mol. The molecule has 0 aliphatic carbocycles. The van der Waals surface area contributed by atoms with Gasteiger partial charge in [-0.15, -0.1) is 0 Å². The summed E-state index contributed by atoms with van der Waals surface area (Å²) in [6, 6.07) is 7.65. The summed E-state index contributed by atoms with van der Waals surface area (Å²) in [5.74, 6) is 0. The molecule has 0 spiro atoms. The molecule has 0 aromatic heterocycles. The van der Waals surface area contributed by atoms with E-state index in [4.69, 9.17) is 0 Å². The first-order chi connectivity index (χ1) is 7.13. The van der Waals surface area contributed by atoms with Crippen molar-refractivity contribution in [3.05, 3.63) is 43.2 Å². The summed E-state index contributed by atoms with van der Waals surface area (Å²) in [5, 5.41) is 2.09. The Morgan fingerprint density at radius 1 is 0.933 bits per heavy atom. The van der Waals surface area contributed by atoms with Crippen LogP contribution in [-0.4, -0.2) is 6.29 Å². The summed E-state index contributed by atoms with van der Waals surface area (Å²) in [6.45, 7) is 0. The van der Waals surface area contributed by atoms with E-state index in [9.17, 15) is 4.79 Å². The highest BCUT2D eigenvalue weighted by Crippen LogP contribution is 2.35. The lowest BCUT2D eigenvalue weighted by Crippen LogP contribution is -1.84. The number of hydrogen-bond acceptors (Lipinski definition) is 1. The fraction of sp³-hybridized carbons (Fsp3) is 0. The van der Waals surface area contributed by atoms with Crippen LogP contribution in [-0.2, 0) is 0 Å². The van der Waals surface area contributed by atoms with Gasteiger partial charge in [0.25, 0.3) is 0 Å². The smallest absolute Gasteiger partial charge is 0.150 e. The molecular weight excluding hydrogens is 388 g/mol. The molecule has 0 atom stereocenters. The summed E-state index contributed by atoms with van der Waals surface area (Å²) in [5.41, 5.74) is 0.660. The van der Waals surface area contributed by atoms with Crippen LogP contribution in [0.2, 0.25) is 0 Å². The number of hydrogen-bond donors (Lipinski definition) is 0. The number of fused-ring (bicyclic) bond motifs is 1. The van der Waals surface area contributed by atoms with Crippen molar-refractivity contribution in [2.24, 2.45) is 0 Å². The monoisotopic (exact) mass is 390 g/mol. The normalized spacial score (nSPS) is 10.6. The molecule has 0 unspecified atom stereocenters. The van der Waals surface area contributed by atoms with Gasteiger partial charge in [0.05, 0.1) is 0 Å². The van der Waals surface area contributed by atoms with E-state index in [2.05, 4.69) is 47.8 Å². The fourth-order valence-electron chi connectivity index (χ4n) is 1.42. The van der Waals surface area contributed by atoms with Crippen LogP contribution >= 0.6 is 47.8 Å². The van der Waals surface area contributed by atoms with Crippen molar-refractivity contribution in [2.45, 2.75) is 0 Å². The second-order valence-corrected chi connectivity index (χ2v) is 5.58. The number of carbonyl (C=O) groups excluding carboxylic acids is 1. The molecule has 4 heteroatoms. The molecule has 15 heavy (non-hydrogen) atoms. The molecule has 0 saturated carbocycles. The third-order valence-corrected chi connectivity index (χ3v) is 4.83. The van der Waals surface area contributed by atoms with Gasteiger partial charge in [-0.3, -0.25) is 4.79 Å². The molecule has 0 aliphatic heterocycles. The minimum atomic E-state index is 0.660. The van der Waals surface area contributed by atoms with Gasteiger partial charge in [-0.05, 0) is 60.8 Å². The molecular formula is C11H5Br3O. The van der Waals surface area contributed by atoms with E-state index in [1.807, 2.05) is 24.3 Å². The van der Waals surface area contributed by atoms with Crippen molar-refractivity contribution in [3.63, 3.8) is 0 Å². The average molecular weight is 393 g/mol. The van der Waals surface area contributed by atoms with E-state index in [1.54, 1.807) is 0 Å². The van der Waals surface area contributed by atoms with Gasteiger partial charge >= 0.3 is 0 Å². The Bertz CT molecular complexity index is 549. The van der Waals surface area contributed by atoms with Crippen LogP contribution in [0.25, 0.3) is 10.8 Å². The minimum absolute atomic E-state index is 0.660. The van der Waals surface area contributed by atoms with Gasteiger partial charge in [-0.25, -0.2) is 0 Å². The number of benzene rings is 2. The van der Waals surface area contributed by atoms with Crippen LogP contribution in [0.1, 0.15) is 10.4 Å². The Balaban J connectivity index is 2.92. The molecule has 0 bridgehead atoms. The van der Waals surface area contributed by atoms with Crippen LogP contribution in [0.15, 0.2) is 37.7 Å². The van der Waals surface area contributed by atoms with Crippen molar-refractivity contribution in [3.8, 4) is 0 Å². The lowest BCUT2D eigenvalue weighted by atomic mass is 10.1. The molecule has 1 nitrogen and oxygen atoms in total. The minimum Gasteiger partial charge on any atom is -0.298 e. The summed E-state index contributed by atoms with van der Waals surface area (Å²) in [6.07, 6.45) is 0.845. The van der Waals surface area contributed by atoms with Crippen molar-refractivity contribution in [2.75, 3.05) is 0 Å². The largest absolute Gasteiger partial charge is 0.298 e. The molecule has 0 heterocycles. The first kappa shape index (κ1) is 11.3. The molecule has 2 aromatic carbocycles. The third-order valence-electron chi connectivity index (χ3n) is 2.13. The van der Waals surface area contributed by atoms with Crippen LogP contribution in [0.4, 0.5) is 0 Å². The molecule has 0 amide bonds. The molecule has 0 saturated heterocycles. The zero-order chi connectivity index (χ0) is 11.0. The lowest BCUT2D eigenvalue weighted by molar-refractivity contribution is 0.112. The zero-order valence-corrected chi connectivity index (χ0v) is 12.2. The molecule has 0 radical (unpaired) electrons. The topological polar surface area (TPSA) is 17.1 Å². The standard InChI is InChI=1S/C11H5Br3O/c12-9-2-1-7-8(11(9)14)3-6(5-15)4-10(7)13/h1-5H. The first-order valence-electron chi connectivity index (χ1n) is 4.16. The Kier molecular flexibility index (Phi) is 3.28. The van der Waals surface area contributed by atoms with Gasteiger partial charge in [-0.2, -0.15) is 0 Å². The van der Waals surface area contributed by atoms with Crippen molar-refractivity contribution in [1.82, 2.24) is 0 Å². The van der Waals surface area contributed by atoms with Gasteiger partial charge in [0.15, 0.2) is 0 Å². The number of aldehydes is 1. The zero-order valence-electron chi connectivity index (χ0n) is 7.43. The fourth-order valence-corrected chi connectivity index (χ4v) is 2.83. The summed E-state index contributed by atoms with van der Waals surface area (Å²) < 4.78 is 2.87. The number of carbonyl (C=O) groups is 1. The lowest BCUT2D eigenvalue weighted by Gasteiger charge is -2.06. The van der Waals surface area contributed by atoms with Gasteiger partial charge in [-0.1, -0.05) is 22.0 Å². The highest BCUT2D eigenvalue weighted by Gasteiger charge is 2.07. The van der Waals surface area contributed by atoms with E-state index >= 15 is 0 Å². The number of rotatable bonds is 1. The summed E-state index contributed by atoms with van der Waals surface area (Å²) >= 11 is 10.4. The van der Waals surface area contributed by atoms with Crippen LogP contribution in [0, 0.1) is 0 Å². The van der Waals surface area contributed by atoms with E-state index in [0.29, 0.717) is 5.56 Å². The van der Waals surface area contributed by atoms with Crippen molar-refractivity contribution in [1.29, 1.82) is 0 Å².